The van der Waals surface area contributed by atoms with Crippen LogP contribution in [0, 0.1) is 17.2 Å². The lowest BCUT2D eigenvalue weighted by Gasteiger charge is -2.42. The smallest absolute Gasteiger partial charge is 0.254 e. The van der Waals surface area contributed by atoms with E-state index in [1.165, 1.54) is 12.1 Å². The van der Waals surface area contributed by atoms with Gasteiger partial charge in [-0.15, -0.1) is 0 Å². The lowest BCUT2D eigenvalue weighted by Crippen LogP contribution is -2.47. The van der Waals surface area contributed by atoms with Gasteiger partial charge in [0.05, 0.1) is 25.2 Å². The third kappa shape index (κ3) is 7.09. The molecule has 1 unspecified atom stereocenters. The summed E-state index contributed by atoms with van der Waals surface area (Å²) >= 11 is 0. The Labute approximate surface area is 259 Å². The number of fused-ring (bicyclic) bond motifs is 3. The van der Waals surface area contributed by atoms with Crippen LogP contribution in [0.5, 0.6) is 5.75 Å². The standard InChI is InChI=1S/C35H44FN3O5/c36-29-10-8-26(9-11-29)12-17-38-23-28(22-32(38)40)33(41)37-18-14-35(15-19-37)13-1-2-20-43-24-30-6-4-16-39(30)34(42)27-5-3-7-31(21-27)44-25-35/h3,5,7-11,21,28,30H,1-2,4,6,12-20,22-25H2/t28?,30-/m0/s1. The van der Waals surface area contributed by atoms with Crippen molar-refractivity contribution in [3.05, 3.63) is 65.5 Å². The highest BCUT2D eigenvalue weighted by Gasteiger charge is 2.41. The van der Waals surface area contributed by atoms with Crippen molar-refractivity contribution in [2.24, 2.45) is 11.3 Å². The van der Waals surface area contributed by atoms with E-state index in [1.807, 2.05) is 34.1 Å². The van der Waals surface area contributed by atoms with Gasteiger partial charge in [-0.2, -0.15) is 0 Å². The predicted octanol–water partition coefficient (Wildman–Crippen LogP) is 4.71. The maximum absolute atomic E-state index is 13.5. The molecule has 2 atom stereocenters. The summed E-state index contributed by atoms with van der Waals surface area (Å²) in [7, 11) is 0. The molecule has 2 aromatic carbocycles. The van der Waals surface area contributed by atoms with Crippen LogP contribution in [0.25, 0.3) is 0 Å². The summed E-state index contributed by atoms with van der Waals surface area (Å²) in [6.07, 6.45) is 7.51. The number of ether oxygens (including phenoxy) is 2. The van der Waals surface area contributed by atoms with Crippen LogP contribution in [0.4, 0.5) is 4.39 Å². The first-order chi connectivity index (χ1) is 21.4. The number of rotatable bonds is 4. The zero-order chi connectivity index (χ0) is 30.5. The Morgan fingerprint density at radius 3 is 2.61 bits per heavy atom. The van der Waals surface area contributed by atoms with Gasteiger partial charge in [-0.3, -0.25) is 14.4 Å². The summed E-state index contributed by atoms with van der Waals surface area (Å²) in [4.78, 5) is 45.3. The number of likely N-dealkylation sites (tertiary alicyclic amines) is 2. The Morgan fingerprint density at radius 2 is 1.80 bits per heavy atom. The highest BCUT2D eigenvalue weighted by Crippen LogP contribution is 2.38. The maximum atomic E-state index is 13.5. The topological polar surface area (TPSA) is 79.4 Å². The number of benzene rings is 2. The number of nitrogens with zero attached hydrogens (tertiary/aromatic N) is 3. The second kappa shape index (κ2) is 13.7. The number of carbonyl (C=O) groups excluding carboxylic acids is 3. The second-order valence-electron chi connectivity index (χ2n) is 13.1. The number of halogens is 1. The normalized spacial score (nSPS) is 24.5. The van der Waals surface area contributed by atoms with Gasteiger partial charge in [0.2, 0.25) is 11.8 Å². The first kappa shape index (κ1) is 30.6. The summed E-state index contributed by atoms with van der Waals surface area (Å²) in [6.45, 7) is 4.83. The molecule has 0 aliphatic carbocycles. The van der Waals surface area contributed by atoms with Gasteiger partial charge in [0, 0.05) is 56.7 Å². The van der Waals surface area contributed by atoms with Gasteiger partial charge in [0.25, 0.3) is 5.91 Å². The first-order valence-electron chi connectivity index (χ1n) is 16.3. The molecular formula is C35H44FN3O5. The molecule has 4 aliphatic heterocycles. The summed E-state index contributed by atoms with van der Waals surface area (Å²) in [6, 6.07) is 14.0. The lowest BCUT2D eigenvalue weighted by atomic mass is 9.75. The van der Waals surface area contributed by atoms with Crippen LogP contribution < -0.4 is 4.74 Å². The van der Waals surface area contributed by atoms with E-state index in [1.54, 1.807) is 17.0 Å². The first-order valence-corrected chi connectivity index (χ1v) is 16.3. The fraction of sp³-hybridized carbons (Fsp3) is 0.571. The lowest BCUT2D eigenvalue weighted by molar-refractivity contribution is -0.138. The molecule has 236 valence electrons. The molecule has 3 saturated heterocycles. The van der Waals surface area contributed by atoms with Crippen molar-refractivity contribution in [2.75, 3.05) is 52.5 Å². The molecule has 0 N–H and O–H groups in total. The van der Waals surface area contributed by atoms with E-state index in [4.69, 9.17) is 9.47 Å². The quantitative estimate of drug-likeness (QED) is 0.505. The predicted molar refractivity (Wildman–Crippen MR) is 164 cm³/mol. The molecule has 0 saturated carbocycles. The SMILES string of the molecule is O=C1CC(C(=O)N2CCC3(CCCCOC[C@@H]4CCCN4C(=O)c4cccc(c4)OC3)CC2)CN1CCc1ccc(F)cc1. The van der Waals surface area contributed by atoms with Crippen LogP contribution in [0.2, 0.25) is 0 Å². The molecule has 4 heterocycles. The van der Waals surface area contributed by atoms with Crippen LogP contribution in [0.3, 0.4) is 0 Å². The Morgan fingerprint density at radius 1 is 0.977 bits per heavy atom. The van der Waals surface area contributed by atoms with Gasteiger partial charge in [-0.1, -0.05) is 24.6 Å². The number of amides is 3. The fourth-order valence-corrected chi connectivity index (χ4v) is 7.32. The van der Waals surface area contributed by atoms with Crippen LogP contribution in [-0.4, -0.2) is 91.0 Å². The van der Waals surface area contributed by atoms with Crippen molar-refractivity contribution in [1.29, 1.82) is 0 Å². The van der Waals surface area contributed by atoms with Crippen molar-refractivity contribution in [1.82, 2.24) is 14.7 Å². The van der Waals surface area contributed by atoms with E-state index in [0.29, 0.717) is 63.7 Å². The minimum atomic E-state index is -0.318. The van der Waals surface area contributed by atoms with Crippen molar-refractivity contribution in [3.63, 3.8) is 0 Å². The van der Waals surface area contributed by atoms with E-state index in [9.17, 15) is 18.8 Å². The highest BCUT2D eigenvalue weighted by atomic mass is 19.1. The average Bonchev–Trinajstić information content (AvgIpc) is 3.67. The van der Waals surface area contributed by atoms with Crippen molar-refractivity contribution >= 4 is 17.7 Å². The molecule has 0 radical (unpaired) electrons. The molecular weight excluding hydrogens is 561 g/mol. The Balaban J connectivity index is 1.06. The monoisotopic (exact) mass is 605 g/mol. The maximum Gasteiger partial charge on any atom is 0.254 e. The molecule has 8 nitrogen and oxygen atoms in total. The van der Waals surface area contributed by atoms with Crippen molar-refractivity contribution in [3.8, 4) is 5.75 Å². The zero-order valence-corrected chi connectivity index (χ0v) is 25.6. The fourth-order valence-electron chi connectivity index (χ4n) is 7.32. The second-order valence-corrected chi connectivity index (χ2v) is 13.1. The third-order valence-corrected chi connectivity index (χ3v) is 10.1. The number of hydrogen-bond donors (Lipinski definition) is 0. The Kier molecular flexibility index (Phi) is 9.50. The largest absolute Gasteiger partial charge is 0.493 e. The van der Waals surface area contributed by atoms with Gasteiger partial charge >= 0.3 is 0 Å². The van der Waals surface area contributed by atoms with Crippen LogP contribution in [-0.2, 0) is 20.7 Å². The average molecular weight is 606 g/mol. The van der Waals surface area contributed by atoms with E-state index < -0.39 is 0 Å². The molecule has 0 aromatic heterocycles. The van der Waals surface area contributed by atoms with Crippen LogP contribution in [0.1, 0.15) is 67.3 Å². The number of carbonyl (C=O) groups is 3. The minimum Gasteiger partial charge on any atom is -0.493 e. The summed E-state index contributed by atoms with van der Waals surface area (Å²) < 4.78 is 25.7. The van der Waals surface area contributed by atoms with Crippen LogP contribution in [0.15, 0.2) is 48.5 Å². The minimum absolute atomic E-state index is 0.0116. The van der Waals surface area contributed by atoms with Gasteiger partial charge in [-0.05, 0) is 80.8 Å². The third-order valence-electron chi connectivity index (χ3n) is 10.1. The molecule has 1 spiro atoms. The molecule has 9 heteroatoms. The molecule has 2 aromatic rings. The van der Waals surface area contributed by atoms with Gasteiger partial charge in [0.15, 0.2) is 0 Å². The summed E-state index contributed by atoms with van der Waals surface area (Å²) in [5.41, 5.74) is 1.56. The Bertz CT molecular complexity index is 1330. The summed E-state index contributed by atoms with van der Waals surface area (Å²) in [5, 5.41) is 0. The number of hydrogen-bond acceptors (Lipinski definition) is 5. The van der Waals surface area contributed by atoms with Gasteiger partial charge in [0.1, 0.15) is 11.6 Å². The van der Waals surface area contributed by atoms with Gasteiger partial charge in [-0.25, -0.2) is 4.39 Å². The van der Waals surface area contributed by atoms with E-state index in [0.717, 1.165) is 57.1 Å². The molecule has 3 amide bonds. The zero-order valence-electron chi connectivity index (χ0n) is 25.6. The summed E-state index contributed by atoms with van der Waals surface area (Å²) in [5.74, 6) is 0.234. The molecule has 44 heavy (non-hydrogen) atoms. The van der Waals surface area contributed by atoms with Crippen molar-refractivity contribution in [2.45, 2.75) is 63.8 Å². The van der Waals surface area contributed by atoms with Crippen molar-refractivity contribution < 1.29 is 28.2 Å². The van der Waals surface area contributed by atoms with Crippen LogP contribution >= 0.6 is 0 Å². The van der Waals surface area contributed by atoms with Gasteiger partial charge < -0.3 is 24.2 Å². The molecule has 3 fully saturated rings. The van der Waals surface area contributed by atoms with E-state index >= 15 is 0 Å². The van der Waals surface area contributed by atoms with E-state index in [-0.39, 0.29) is 47.3 Å². The van der Waals surface area contributed by atoms with E-state index in [2.05, 4.69) is 0 Å². The molecule has 6 rings (SSSR count). The Hall–Kier alpha value is -3.46. The highest BCUT2D eigenvalue weighted by molar-refractivity contribution is 5.95. The molecule has 4 aliphatic rings. The molecule has 2 bridgehead atoms. The number of piperidine rings is 1.